The van der Waals surface area contributed by atoms with Gasteiger partial charge in [-0.25, -0.2) is 0 Å². The van der Waals surface area contributed by atoms with Gasteiger partial charge in [0, 0.05) is 25.2 Å². The summed E-state index contributed by atoms with van der Waals surface area (Å²) in [5, 5.41) is 13.5. The van der Waals surface area contributed by atoms with Gasteiger partial charge in [-0.2, -0.15) is 10.4 Å². The number of aryl methyl sites for hydroxylation is 1. The molecule has 0 aliphatic carbocycles. The minimum atomic E-state index is 0.459. The summed E-state index contributed by atoms with van der Waals surface area (Å²) in [4.78, 5) is 2.49. The lowest BCUT2D eigenvalue weighted by atomic mass is 9.91. The van der Waals surface area contributed by atoms with Gasteiger partial charge in [0.05, 0.1) is 11.3 Å². The van der Waals surface area contributed by atoms with E-state index >= 15 is 0 Å². The largest absolute Gasteiger partial charge is 0.301 e. The van der Waals surface area contributed by atoms with E-state index in [0.717, 1.165) is 37.2 Å². The van der Waals surface area contributed by atoms with Crippen LogP contribution in [-0.4, -0.2) is 33.8 Å². The summed E-state index contributed by atoms with van der Waals surface area (Å²) in [5.41, 5.74) is 1.74. The standard InChI is InChI=1S/C13H20N4/c1-10(2)17-6-4-11(5-7-17)13-12(8-14)9-16(3)15-13/h9-11H,4-7H2,1-3H3. The molecule has 1 aromatic heterocycles. The summed E-state index contributed by atoms with van der Waals surface area (Å²) in [6.45, 7) is 6.71. The third-order valence-electron chi connectivity index (χ3n) is 3.62. The van der Waals surface area contributed by atoms with E-state index in [9.17, 15) is 0 Å². The van der Waals surface area contributed by atoms with Crippen molar-refractivity contribution in [2.24, 2.45) is 7.05 Å². The summed E-state index contributed by atoms with van der Waals surface area (Å²) >= 11 is 0. The highest BCUT2D eigenvalue weighted by atomic mass is 15.3. The maximum Gasteiger partial charge on any atom is 0.103 e. The second-order valence-corrected chi connectivity index (χ2v) is 5.12. The van der Waals surface area contributed by atoms with E-state index in [2.05, 4.69) is 29.9 Å². The van der Waals surface area contributed by atoms with Crippen molar-refractivity contribution in [1.82, 2.24) is 14.7 Å². The number of aromatic nitrogens is 2. The molecule has 0 unspecified atom stereocenters. The van der Waals surface area contributed by atoms with Gasteiger partial charge in [0.1, 0.15) is 6.07 Å². The Balaban J connectivity index is 2.08. The van der Waals surface area contributed by atoms with Crippen molar-refractivity contribution in [3.05, 3.63) is 17.5 Å². The van der Waals surface area contributed by atoms with Gasteiger partial charge in [0.25, 0.3) is 0 Å². The molecule has 17 heavy (non-hydrogen) atoms. The highest BCUT2D eigenvalue weighted by Crippen LogP contribution is 2.29. The van der Waals surface area contributed by atoms with Crippen LogP contribution in [0, 0.1) is 11.3 Å². The zero-order valence-corrected chi connectivity index (χ0v) is 10.8. The molecule has 0 N–H and O–H groups in total. The van der Waals surface area contributed by atoms with Gasteiger partial charge < -0.3 is 4.90 Å². The fraction of sp³-hybridized carbons (Fsp3) is 0.692. The van der Waals surface area contributed by atoms with Gasteiger partial charge in [0.2, 0.25) is 0 Å². The van der Waals surface area contributed by atoms with Crippen molar-refractivity contribution in [3.63, 3.8) is 0 Å². The lowest BCUT2D eigenvalue weighted by molar-refractivity contribution is 0.170. The molecule has 0 bridgehead atoms. The molecule has 2 rings (SSSR count). The average molecular weight is 232 g/mol. The van der Waals surface area contributed by atoms with Crippen LogP contribution >= 0.6 is 0 Å². The molecule has 2 heterocycles. The Kier molecular flexibility index (Phi) is 3.49. The molecule has 0 radical (unpaired) electrons. The smallest absolute Gasteiger partial charge is 0.103 e. The molecule has 1 aromatic rings. The van der Waals surface area contributed by atoms with E-state index in [0.29, 0.717) is 12.0 Å². The van der Waals surface area contributed by atoms with Crippen molar-refractivity contribution in [2.45, 2.75) is 38.6 Å². The van der Waals surface area contributed by atoms with Crippen LogP contribution < -0.4 is 0 Å². The average Bonchev–Trinajstić information content (AvgIpc) is 2.70. The first kappa shape index (κ1) is 12.1. The highest BCUT2D eigenvalue weighted by Gasteiger charge is 2.25. The quantitative estimate of drug-likeness (QED) is 0.782. The molecule has 92 valence electrons. The Morgan fingerprint density at radius 3 is 2.59 bits per heavy atom. The Morgan fingerprint density at radius 2 is 2.06 bits per heavy atom. The van der Waals surface area contributed by atoms with E-state index in [1.165, 1.54) is 0 Å². The maximum absolute atomic E-state index is 9.09. The van der Waals surface area contributed by atoms with Gasteiger partial charge >= 0.3 is 0 Å². The van der Waals surface area contributed by atoms with Crippen LogP contribution in [0.25, 0.3) is 0 Å². The minimum absolute atomic E-state index is 0.459. The molecule has 0 amide bonds. The molecule has 1 aliphatic rings. The summed E-state index contributed by atoms with van der Waals surface area (Å²) in [5.74, 6) is 0.459. The number of hydrogen-bond donors (Lipinski definition) is 0. The van der Waals surface area contributed by atoms with E-state index < -0.39 is 0 Å². The molecule has 4 heteroatoms. The highest BCUT2D eigenvalue weighted by molar-refractivity contribution is 5.33. The second-order valence-electron chi connectivity index (χ2n) is 5.12. The lowest BCUT2D eigenvalue weighted by Crippen LogP contribution is -2.38. The van der Waals surface area contributed by atoms with Crippen molar-refractivity contribution in [3.8, 4) is 6.07 Å². The van der Waals surface area contributed by atoms with Crippen molar-refractivity contribution < 1.29 is 0 Å². The number of hydrogen-bond acceptors (Lipinski definition) is 3. The maximum atomic E-state index is 9.09. The van der Waals surface area contributed by atoms with Gasteiger partial charge in [-0.15, -0.1) is 0 Å². The third-order valence-corrected chi connectivity index (χ3v) is 3.62. The van der Waals surface area contributed by atoms with Crippen LogP contribution in [-0.2, 0) is 7.05 Å². The van der Waals surface area contributed by atoms with Crippen molar-refractivity contribution >= 4 is 0 Å². The molecule has 1 fully saturated rings. The number of nitriles is 1. The van der Waals surface area contributed by atoms with Gasteiger partial charge in [-0.1, -0.05) is 0 Å². The number of rotatable bonds is 2. The second kappa shape index (κ2) is 4.89. The van der Waals surface area contributed by atoms with E-state index in [1.807, 2.05) is 13.2 Å². The summed E-state index contributed by atoms with van der Waals surface area (Å²) < 4.78 is 1.75. The first-order valence-electron chi connectivity index (χ1n) is 6.29. The molecule has 1 saturated heterocycles. The fourth-order valence-electron chi connectivity index (χ4n) is 2.58. The summed E-state index contributed by atoms with van der Waals surface area (Å²) in [6, 6.07) is 2.87. The minimum Gasteiger partial charge on any atom is -0.301 e. The summed E-state index contributed by atoms with van der Waals surface area (Å²) in [6.07, 6.45) is 4.05. The Bertz CT molecular complexity index is 419. The Hall–Kier alpha value is -1.34. The molecule has 0 saturated carbocycles. The normalized spacial score (nSPS) is 18.5. The van der Waals surface area contributed by atoms with Gasteiger partial charge in [-0.3, -0.25) is 4.68 Å². The molecule has 0 spiro atoms. The van der Waals surface area contributed by atoms with Crippen LogP contribution in [0.3, 0.4) is 0 Å². The third kappa shape index (κ3) is 2.50. The predicted octanol–water partition coefficient (Wildman–Crippen LogP) is 1.88. The molecule has 1 aliphatic heterocycles. The van der Waals surface area contributed by atoms with Gasteiger partial charge in [-0.05, 0) is 39.8 Å². The Labute approximate surface area is 103 Å². The van der Waals surface area contributed by atoms with Gasteiger partial charge in [0.15, 0.2) is 0 Å². The lowest BCUT2D eigenvalue weighted by Gasteiger charge is -2.34. The van der Waals surface area contributed by atoms with Crippen LogP contribution in [0.4, 0.5) is 0 Å². The number of piperidine rings is 1. The first-order chi connectivity index (χ1) is 8.11. The van der Waals surface area contributed by atoms with E-state index in [1.54, 1.807) is 4.68 Å². The molecule has 0 aromatic carbocycles. The van der Waals surface area contributed by atoms with Crippen LogP contribution in [0.2, 0.25) is 0 Å². The summed E-state index contributed by atoms with van der Waals surface area (Å²) in [7, 11) is 1.88. The zero-order valence-electron chi connectivity index (χ0n) is 10.8. The fourth-order valence-corrected chi connectivity index (χ4v) is 2.58. The number of likely N-dealkylation sites (tertiary alicyclic amines) is 1. The Morgan fingerprint density at radius 1 is 1.41 bits per heavy atom. The SMILES string of the molecule is CC(C)N1CCC(c2nn(C)cc2C#N)CC1. The van der Waals surface area contributed by atoms with E-state index in [4.69, 9.17) is 5.26 Å². The van der Waals surface area contributed by atoms with Crippen LogP contribution in [0.15, 0.2) is 6.20 Å². The van der Waals surface area contributed by atoms with E-state index in [-0.39, 0.29) is 0 Å². The molecular formula is C13H20N4. The van der Waals surface area contributed by atoms with Crippen LogP contribution in [0.1, 0.15) is 43.9 Å². The number of nitrogens with zero attached hydrogens (tertiary/aromatic N) is 4. The van der Waals surface area contributed by atoms with Crippen molar-refractivity contribution in [1.29, 1.82) is 5.26 Å². The monoisotopic (exact) mass is 232 g/mol. The molecule has 0 atom stereocenters. The molecule has 4 nitrogen and oxygen atoms in total. The zero-order chi connectivity index (χ0) is 12.4. The van der Waals surface area contributed by atoms with Crippen LogP contribution in [0.5, 0.6) is 0 Å². The predicted molar refractivity (Wildman–Crippen MR) is 66.6 cm³/mol. The van der Waals surface area contributed by atoms with Crippen molar-refractivity contribution in [2.75, 3.05) is 13.1 Å². The first-order valence-corrected chi connectivity index (χ1v) is 6.29. The topological polar surface area (TPSA) is 44.9 Å². The molecular weight excluding hydrogens is 212 g/mol.